The van der Waals surface area contributed by atoms with Gasteiger partial charge in [-0.05, 0) is 54.6 Å². The van der Waals surface area contributed by atoms with Crippen LogP contribution < -0.4 is 14.3 Å². The van der Waals surface area contributed by atoms with Crippen LogP contribution in [0.15, 0.2) is 47.4 Å². The molecule has 0 amide bonds. The van der Waals surface area contributed by atoms with Gasteiger partial charge in [0.1, 0.15) is 29.1 Å². The van der Waals surface area contributed by atoms with Gasteiger partial charge >= 0.3 is 0 Å². The molecule has 1 aromatic heterocycles. The first-order valence-electron chi connectivity index (χ1n) is 9.84. The lowest BCUT2D eigenvalue weighted by Gasteiger charge is -2.18. The molecule has 0 radical (unpaired) electrons. The molecule has 1 heterocycles. The van der Waals surface area contributed by atoms with Gasteiger partial charge in [-0.1, -0.05) is 18.7 Å². The summed E-state index contributed by atoms with van der Waals surface area (Å²) in [4.78, 5) is 7.01. The van der Waals surface area contributed by atoms with Gasteiger partial charge in [0.25, 0.3) is 0 Å². The molecule has 30 heavy (non-hydrogen) atoms. The lowest BCUT2D eigenvalue weighted by Crippen LogP contribution is -2.30. The van der Waals surface area contributed by atoms with Crippen LogP contribution in [0.1, 0.15) is 20.8 Å². The number of nitrogens with zero attached hydrogens (tertiary/aromatic N) is 4. The summed E-state index contributed by atoms with van der Waals surface area (Å²) in [6.07, 6.45) is 0. The molecule has 0 bridgehead atoms. The Labute approximate surface area is 176 Å². The fourth-order valence-corrected chi connectivity index (χ4v) is 4.41. The van der Waals surface area contributed by atoms with Crippen molar-refractivity contribution in [3.63, 3.8) is 0 Å². The number of rotatable bonds is 11. The number of ether oxygens (including phenoxy) is 2. The third kappa shape index (κ3) is 4.82. The maximum Gasteiger partial charge on any atom is 0.243 e. The van der Waals surface area contributed by atoms with Gasteiger partial charge in [-0.3, -0.25) is 0 Å². The Morgan fingerprint density at radius 3 is 2.23 bits per heavy atom. The second-order valence-corrected chi connectivity index (χ2v) is 8.23. The third-order valence-corrected chi connectivity index (χ3v) is 6.48. The molecule has 0 saturated carbocycles. The molecule has 0 unspecified atom stereocenters. The van der Waals surface area contributed by atoms with E-state index in [1.165, 1.54) is 21.3 Å². The van der Waals surface area contributed by atoms with Crippen LogP contribution in [0, 0.1) is 0 Å². The smallest absolute Gasteiger partial charge is 0.243 e. The monoisotopic (exact) mass is 434 g/mol. The van der Waals surface area contributed by atoms with Gasteiger partial charge in [-0.2, -0.15) is 4.31 Å². The molecule has 10 heteroatoms. The molecular weight excluding hydrogens is 408 g/mol. The third-order valence-electron chi connectivity index (χ3n) is 4.43. The van der Waals surface area contributed by atoms with Crippen LogP contribution in [0.25, 0.3) is 11.0 Å². The van der Waals surface area contributed by atoms with E-state index in [1.807, 2.05) is 31.2 Å². The fraction of sp³-hybridized carbons (Fsp3) is 0.400. The van der Waals surface area contributed by atoms with E-state index in [-0.39, 0.29) is 18.1 Å². The number of hydrogen-bond donors (Lipinski definition) is 0. The highest BCUT2D eigenvalue weighted by molar-refractivity contribution is 7.89. The fourth-order valence-electron chi connectivity index (χ4n) is 2.93. The van der Waals surface area contributed by atoms with Crippen molar-refractivity contribution in [1.29, 1.82) is 0 Å². The van der Waals surface area contributed by atoms with Crippen LogP contribution in [0.5, 0.6) is 11.5 Å². The predicted molar refractivity (Wildman–Crippen MR) is 112 cm³/mol. The normalized spacial score (nSPS) is 11.7. The number of benzene rings is 2. The minimum Gasteiger partial charge on any atom is -0.494 e. The largest absolute Gasteiger partial charge is 0.494 e. The van der Waals surface area contributed by atoms with Crippen molar-refractivity contribution >= 4 is 21.1 Å². The molecule has 0 fully saturated rings. The zero-order valence-electron chi connectivity index (χ0n) is 17.3. The Morgan fingerprint density at radius 2 is 1.60 bits per heavy atom. The highest BCUT2D eigenvalue weighted by Crippen LogP contribution is 2.20. The molecule has 9 nitrogen and oxygen atoms in total. The highest BCUT2D eigenvalue weighted by Gasteiger charge is 2.22. The summed E-state index contributed by atoms with van der Waals surface area (Å²) in [5, 5.41) is 7.96. The number of sulfonamides is 1. The summed E-state index contributed by atoms with van der Waals surface area (Å²) in [5.41, 5.74) is 1.02. The summed E-state index contributed by atoms with van der Waals surface area (Å²) in [7, 11) is -3.58. The van der Waals surface area contributed by atoms with Crippen LogP contribution in [0.3, 0.4) is 0 Å². The molecule has 0 spiro atoms. The predicted octanol–water partition coefficient (Wildman–Crippen LogP) is 2.37. The second kappa shape index (κ2) is 9.77. The van der Waals surface area contributed by atoms with Gasteiger partial charge in [-0.15, -0.1) is 5.10 Å². The van der Waals surface area contributed by atoms with Crippen molar-refractivity contribution in [2.75, 3.05) is 32.9 Å². The van der Waals surface area contributed by atoms with Gasteiger partial charge in [0, 0.05) is 13.1 Å². The Kier molecular flexibility index (Phi) is 7.11. The zero-order valence-corrected chi connectivity index (χ0v) is 18.1. The van der Waals surface area contributed by atoms with Crippen LogP contribution in [0.4, 0.5) is 0 Å². The molecule has 0 aliphatic heterocycles. The van der Waals surface area contributed by atoms with E-state index in [2.05, 4.69) is 10.3 Å². The lowest BCUT2D eigenvalue weighted by atomic mass is 10.3. The van der Waals surface area contributed by atoms with Crippen molar-refractivity contribution in [1.82, 2.24) is 19.5 Å². The van der Waals surface area contributed by atoms with E-state index in [4.69, 9.17) is 14.3 Å². The first-order valence-corrected chi connectivity index (χ1v) is 11.3. The molecule has 3 aromatic rings. The van der Waals surface area contributed by atoms with E-state index in [0.29, 0.717) is 36.5 Å². The van der Waals surface area contributed by atoms with Gasteiger partial charge in [-0.25, -0.2) is 8.42 Å². The van der Waals surface area contributed by atoms with E-state index in [1.54, 1.807) is 19.9 Å². The van der Waals surface area contributed by atoms with Gasteiger partial charge in [0.05, 0.1) is 11.5 Å². The average Bonchev–Trinajstić information content (AvgIpc) is 3.15. The van der Waals surface area contributed by atoms with Crippen molar-refractivity contribution in [3.05, 3.63) is 42.5 Å². The van der Waals surface area contributed by atoms with E-state index < -0.39 is 10.0 Å². The molecule has 162 valence electrons. The van der Waals surface area contributed by atoms with E-state index >= 15 is 0 Å². The minimum atomic E-state index is -3.58. The quantitative estimate of drug-likeness (QED) is 0.428. The molecule has 0 N–H and O–H groups in total. The molecule has 2 aromatic carbocycles. The number of aromatic nitrogens is 3. The maximum absolute atomic E-state index is 12.8. The number of fused-ring (bicyclic) bond motifs is 1. The Bertz CT molecular complexity index is 1060. The molecular formula is C20H26N4O5S. The summed E-state index contributed by atoms with van der Waals surface area (Å²) in [5.74, 6) is 1.48. The van der Waals surface area contributed by atoms with Gasteiger partial charge < -0.3 is 14.3 Å². The van der Waals surface area contributed by atoms with Crippen LogP contribution in [0.2, 0.25) is 0 Å². The van der Waals surface area contributed by atoms with Crippen LogP contribution in [-0.2, 0) is 10.0 Å². The summed E-state index contributed by atoms with van der Waals surface area (Å²) in [6, 6.07) is 12.0. The molecule has 3 rings (SSSR count). The van der Waals surface area contributed by atoms with E-state index in [0.717, 1.165) is 5.75 Å². The van der Waals surface area contributed by atoms with Crippen LogP contribution in [-0.4, -0.2) is 60.8 Å². The Balaban J connectivity index is 1.65. The highest BCUT2D eigenvalue weighted by atomic mass is 32.2. The van der Waals surface area contributed by atoms with Gasteiger partial charge in [0.15, 0.2) is 6.61 Å². The SMILES string of the molecule is CCOc1ccc(OCCOn2nnc3ccc(S(=O)(=O)N(CC)CC)cc32)cc1. The molecule has 0 saturated heterocycles. The van der Waals surface area contributed by atoms with Gasteiger partial charge in [0.2, 0.25) is 10.0 Å². The van der Waals surface area contributed by atoms with Crippen molar-refractivity contribution in [2.45, 2.75) is 25.7 Å². The van der Waals surface area contributed by atoms with E-state index in [9.17, 15) is 8.42 Å². The topological polar surface area (TPSA) is 95.8 Å². The summed E-state index contributed by atoms with van der Waals surface area (Å²) < 4.78 is 38.0. The standard InChI is InChI=1S/C20H26N4O5S/c1-4-23(5-2)30(25,26)18-11-12-19-20(15-18)24(22-21-19)29-14-13-28-17-9-7-16(8-10-17)27-6-3/h7-12,15H,4-6,13-14H2,1-3H3. The minimum absolute atomic E-state index is 0.177. The summed E-state index contributed by atoms with van der Waals surface area (Å²) >= 11 is 0. The lowest BCUT2D eigenvalue weighted by molar-refractivity contribution is 0.0639. The Hall–Kier alpha value is -2.85. The Morgan fingerprint density at radius 1 is 0.933 bits per heavy atom. The summed E-state index contributed by atoms with van der Waals surface area (Å²) in [6.45, 7) is 7.43. The molecule has 0 aliphatic carbocycles. The second-order valence-electron chi connectivity index (χ2n) is 6.29. The van der Waals surface area contributed by atoms with Crippen molar-refractivity contribution < 1.29 is 22.7 Å². The molecule has 0 aliphatic rings. The van der Waals surface area contributed by atoms with Crippen LogP contribution >= 0.6 is 0 Å². The first kappa shape index (κ1) is 21.8. The maximum atomic E-state index is 12.8. The molecule has 0 atom stereocenters. The van der Waals surface area contributed by atoms with Crippen molar-refractivity contribution in [3.8, 4) is 11.5 Å². The first-order chi connectivity index (χ1) is 14.5. The average molecular weight is 435 g/mol. The zero-order chi connectivity index (χ0) is 21.6. The number of hydrogen-bond acceptors (Lipinski definition) is 7. The van der Waals surface area contributed by atoms with Crippen molar-refractivity contribution in [2.24, 2.45) is 0 Å².